The van der Waals surface area contributed by atoms with Crippen molar-refractivity contribution >= 4 is 0 Å². The number of rotatable bonds is 3. The predicted molar refractivity (Wildman–Crippen MR) is 54.9 cm³/mol. The molecule has 0 radical (unpaired) electrons. The van der Waals surface area contributed by atoms with E-state index in [0.29, 0.717) is 5.92 Å². The van der Waals surface area contributed by atoms with E-state index < -0.39 is 0 Å². The van der Waals surface area contributed by atoms with Crippen molar-refractivity contribution in [2.75, 3.05) is 13.2 Å². The van der Waals surface area contributed by atoms with Crippen molar-refractivity contribution in [3.05, 3.63) is 35.9 Å². The van der Waals surface area contributed by atoms with Crippen molar-refractivity contribution in [1.82, 2.24) is 0 Å². The molecule has 1 aliphatic rings. The van der Waals surface area contributed by atoms with Gasteiger partial charge < -0.3 is 9.84 Å². The lowest BCUT2D eigenvalue weighted by Crippen LogP contribution is -2.07. The molecule has 1 saturated heterocycles. The Morgan fingerprint density at radius 2 is 2.14 bits per heavy atom. The first kappa shape index (κ1) is 9.69. The topological polar surface area (TPSA) is 29.5 Å². The summed E-state index contributed by atoms with van der Waals surface area (Å²) in [6, 6.07) is 9.84. The fourth-order valence-electron chi connectivity index (χ4n) is 1.90. The highest BCUT2D eigenvalue weighted by Crippen LogP contribution is 2.25. The summed E-state index contributed by atoms with van der Waals surface area (Å²) in [5.74, 6) is 0.533. The van der Waals surface area contributed by atoms with Crippen molar-refractivity contribution in [2.24, 2.45) is 5.92 Å². The third-order valence-corrected chi connectivity index (χ3v) is 2.76. The summed E-state index contributed by atoms with van der Waals surface area (Å²) < 4.78 is 5.28. The van der Waals surface area contributed by atoms with Crippen LogP contribution in [0.1, 0.15) is 24.5 Å². The Labute approximate surface area is 84.5 Å². The van der Waals surface area contributed by atoms with Gasteiger partial charge in [-0.2, -0.15) is 0 Å². The van der Waals surface area contributed by atoms with Crippen LogP contribution in [-0.4, -0.2) is 18.3 Å². The van der Waals surface area contributed by atoms with Crippen LogP contribution in [0.5, 0.6) is 0 Å². The summed E-state index contributed by atoms with van der Waals surface area (Å²) in [7, 11) is 0. The van der Waals surface area contributed by atoms with Gasteiger partial charge in [-0.25, -0.2) is 0 Å². The molecule has 1 heterocycles. The minimum atomic E-state index is -0.331. The molecule has 0 bridgehead atoms. The lowest BCUT2D eigenvalue weighted by molar-refractivity contribution is 0.129. The summed E-state index contributed by atoms with van der Waals surface area (Å²) in [5.41, 5.74) is 1.01. The summed E-state index contributed by atoms with van der Waals surface area (Å²) in [6.07, 6.45) is 1.58. The summed E-state index contributed by atoms with van der Waals surface area (Å²) >= 11 is 0. The van der Waals surface area contributed by atoms with E-state index in [4.69, 9.17) is 4.74 Å². The van der Waals surface area contributed by atoms with Crippen molar-refractivity contribution in [3.8, 4) is 0 Å². The highest BCUT2D eigenvalue weighted by molar-refractivity contribution is 5.17. The Hall–Kier alpha value is -0.860. The molecular weight excluding hydrogens is 176 g/mol. The lowest BCUT2D eigenvalue weighted by Gasteiger charge is -2.14. The van der Waals surface area contributed by atoms with Gasteiger partial charge in [-0.3, -0.25) is 0 Å². The first-order valence-corrected chi connectivity index (χ1v) is 5.17. The minimum absolute atomic E-state index is 0.331. The Morgan fingerprint density at radius 3 is 2.79 bits per heavy atom. The van der Waals surface area contributed by atoms with Crippen LogP contribution in [-0.2, 0) is 4.74 Å². The quantitative estimate of drug-likeness (QED) is 0.795. The van der Waals surface area contributed by atoms with Gasteiger partial charge in [0.1, 0.15) is 0 Å². The van der Waals surface area contributed by atoms with Gasteiger partial charge in [-0.1, -0.05) is 30.3 Å². The number of aliphatic hydroxyl groups excluding tert-OH is 1. The Kier molecular flexibility index (Phi) is 3.17. The van der Waals surface area contributed by atoms with E-state index in [1.54, 1.807) is 0 Å². The number of benzene rings is 1. The molecule has 1 aromatic carbocycles. The Balaban J connectivity index is 1.92. The molecule has 76 valence electrons. The van der Waals surface area contributed by atoms with E-state index in [-0.39, 0.29) is 6.10 Å². The third-order valence-electron chi connectivity index (χ3n) is 2.76. The molecule has 2 heteroatoms. The van der Waals surface area contributed by atoms with Gasteiger partial charge in [0.25, 0.3) is 0 Å². The standard InChI is InChI=1S/C12H16O2/c13-12(8-10-6-7-14-9-10)11-4-2-1-3-5-11/h1-5,10,12-13H,6-9H2/t10-,12-/m1/s1. The summed E-state index contributed by atoms with van der Waals surface area (Å²) in [6.45, 7) is 1.66. The van der Waals surface area contributed by atoms with Crippen LogP contribution in [0.3, 0.4) is 0 Å². The van der Waals surface area contributed by atoms with E-state index >= 15 is 0 Å². The molecule has 0 unspecified atom stereocenters. The first-order chi connectivity index (χ1) is 6.86. The molecule has 2 atom stereocenters. The molecule has 2 rings (SSSR count). The van der Waals surface area contributed by atoms with Crippen LogP contribution in [0.2, 0.25) is 0 Å². The van der Waals surface area contributed by atoms with Gasteiger partial charge in [0.2, 0.25) is 0 Å². The monoisotopic (exact) mass is 192 g/mol. The van der Waals surface area contributed by atoms with Crippen LogP contribution < -0.4 is 0 Å². The van der Waals surface area contributed by atoms with Crippen LogP contribution in [0.25, 0.3) is 0 Å². The Morgan fingerprint density at radius 1 is 1.36 bits per heavy atom. The molecule has 1 N–H and O–H groups in total. The molecule has 1 aliphatic heterocycles. The summed E-state index contributed by atoms with van der Waals surface area (Å²) in [5, 5.41) is 9.93. The Bertz CT molecular complexity index is 265. The fraction of sp³-hybridized carbons (Fsp3) is 0.500. The average molecular weight is 192 g/mol. The van der Waals surface area contributed by atoms with Crippen LogP contribution in [0.4, 0.5) is 0 Å². The van der Waals surface area contributed by atoms with Gasteiger partial charge in [-0.05, 0) is 24.3 Å². The number of aliphatic hydroxyl groups is 1. The van der Waals surface area contributed by atoms with Crippen LogP contribution in [0, 0.1) is 5.92 Å². The lowest BCUT2D eigenvalue weighted by atomic mass is 9.96. The second-order valence-corrected chi connectivity index (χ2v) is 3.89. The van der Waals surface area contributed by atoms with Crippen LogP contribution >= 0.6 is 0 Å². The smallest absolute Gasteiger partial charge is 0.0793 e. The average Bonchev–Trinajstić information content (AvgIpc) is 2.72. The fourth-order valence-corrected chi connectivity index (χ4v) is 1.90. The van der Waals surface area contributed by atoms with Crippen molar-refractivity contribution < 1.29 is 9.84 Å². The zero-order chi connectivity index (χ0) is 9.80. The molecule has 0 saturated carbocycles. The molecule has 0 spiro atoms. The molecule has 0 amide bonds. The van der Waals surface area contributed by atoms with Gasteiger partial charge in [0.15, 0.2) is 0 Å². The minimum Gasteiger partial charge on any atom is -0.388 e. The number of ether oxygens (including phenoxy) is 1. The number of hydrogen-bond donors (Lipinski definition) is 1. The summed E-state index contributed by atoms with van der Waals surface area (Å²) in [4.78, 5) is 0. The normalized spacial score (nSPS) is 23.6. The number of hydrogen-bond acceptors (Lipinski definition) is 2. The zero-order valence-corrected chi connectivity index (χ0v) is 8.23. The van der Waals surface area contributed by atoms with Crippen molar-refractivity contribution in [1.29, 1.82) is 0 Å². The highest BCUT2D eigenvalue weighted by Gasteiger charge is 2.19. The molecule has 14 heavy (non-hydrogen) atoms. The first-order valence-electron chi connectivity index (χ1n) is 5.17. The molecule has 1 fully saturated rings. The van der Waals surface area contributed by atoms with E-state index in [9.17, 15) is 5.11 Å². The van der Waals surface area contributed by atoms with Crippen LogP contribution in [0.15, 0.2) is 30.3 Å². The van der Waals surface area contributed by atoms with Gasteiger partial charge in [0, 0.05) is 13.2 Å². The largest absolute Gasteiger partial charge is 0.388 e. The molecular formula is C12H16O2. The van der Waals surface area contributed by atoms with Crippen molar-refractivity contribution in [3.63, 3.8) is 0 Å². The third kappa shape index (κ3) is 2.34. The zero-order valence-electron chi connectivity index (χ0n) is 8.23. The SMILES string of the molecule is O[C@H](C[C@H]1CCOC1)c1ccccc1. The van der Waals surface area contributed by atoms with Gasteiger partial charge >= 0.3 is 0 Å². The second kappa shape index (κ2) is 4.58. The molecule has 1 aromatic rings. The highest BCUT2D eigenvalue weighted by atomic mass is 16.5. The van der Waals surface area contributed by atoms with Gasteiger partial charge in [-0.15, -0.1) is 0 Å². The maximum Gasteiger partial charge on any atom is 0.0793 e. The van der Waals surface area contributed by atoms with Crippen molar-refractivity contribution in [2.45, 2.75) is 18.9 Å². The van der Waals surface area contributed by atoms with E-state index in [0.717, 1.165) is 31.6 Å². The van der Waals surface area contributed by atoms with E-state index in [2.05, 4.69) is 0 Å². The maximum absolute atomic E-state index is 9.93. The predicted octanol–water partition coefficient (Wildman–Crippen LogP) is 2.15. The van der Waals surface area contributed by atoms with E-state index in [1.807, 2.05) is 30.3 Å². The molecule has 2 nitrogen and oxygen atoms in total. The molecule has 0 aliphatic carbocycles. The van der Waals surface area contributed by atoms with Gasteiger partial charge in [0.05, 0.1) is 6.10 Å². The second-order valence-electron chi connectivity index (χ2n) is 3.89. The maximum atomic E-state index is 9.93. The van der Waals surface area contributed by atoms with E-state index in [1.165, 1.54) is 0 Å². The molecule has 0 aromatic heterocycles.